The van der Waals surface area contributed by atoms with Crippen molar-refractivity contribution in [3.05, 3.63) is 23.9 Å². The van der Waals surface area contributed by atoms with E-state index in [1.54, 1.807) is 19.2 Å². The lowest BCUT2D eigenvalue weighted by atomic mass is 9.76. The lowest BCUT2D eigenvalue weighted by molar-refractivity contribution is 0.00215. The standard InChI is InChI=1S/C16H22N2O3/c1-21-13-6-3-8-16(13)9-4-10-18(11-16)14-7-2-5-12(17-14)15(19)20/h2,5,7,13H,3-4,6,8-11H2,1H3,(H,19,20)/t13-,16+/m1/s1. The summed E-state index contributed by atoms with van der Waals surface area (Å²) < 4.78 is 5.71. The number of carboxylic acid groups (broad SMARTS) is 1. The van der Waals surface area contributed by atoms with Gasteiger partial charge in [-0.1, -0.05) is 12.5 Å². The normalized spacial score (nSPS) is 29.0. The van der Waals surface area contributed by atoms with Crippen LogP contribution in [-0.2, 0) is 4.74 Å². The molecule has 1 spiro atoms. The molecule has 2 atom stereocenters. The fourth-order valence-corrected chi connectivity index (χ4v) is 4.02. The summed E-state index contributed by atoms with van der Waals surface area (Å²) in [6.45, 7) is 1.86. The van der Waals surface area contributed by atoms with E-state index in [1.165, 1.54) is 19.3 Å². The van der Waals surface area contributed by atoms with E-state index in [4.69, 9.17) is 9.84 Å². The number of aromatic nitrogens is 1. The van der Waals surface area contributed by atoms with Crippen molar-refractivity contribution in [2.45, 2.75) is 38.2 Å². The maximum absolute atomic E-state index is 11.1. The van der Waals surface area contributed by atoms with Crippen LogP contribution < -0.4 is 4.90 Å². The Kier molecular flexibility index (Phi) is 3.85. The van der Waals surface area contributed by atoms with Gasteiger partial charge in [-0.25, -0.2) is 9.78 Å². The number of methoxy groups -OCH3 is 1. The van der Waals surface area contributed by atoms with Crippen molar-refractivity contribution in [3.8, 4) is 0 Å². The molecule has 21 heavy (non-hydrogen) atoms. The van der Waals surface area contributed by atoms with Gasteiger partial charge >= 0.3 is 5.97 Å². The number of anilines is 1. The number of piperidine rings is 1. The van der Waals surface area contributed by atoms with Gasteiger partial charge in [0.2, 0.25) is 0 Å². The average molecular weight is 290 g/mol. The molecule has 0 amide bonds. The lowest BCUT2D eigenvalue weighted by Gasteiger charge is -2.44. The second kappa shape index (κ2) is 5.64. The zero-order chi connectivity index (χ0) is 14.9. The van der Waals surface area contributed by atoms with E-state index in [0.29, 0.717) is 6.10 Å². The second-order valence-electron chi connectivity index (χ2n) is 6.19. The number of carbonyl (C=O) groups is 1. The van der Waals surface area contributed by atoms with Crippen molar-refractivity contribution in [2.24, 2.45) is 5.41 Å². The molecule has 1 saturated heterocycles. The molecule has 0 unspecified atom stereocenters. The summed E-state index contributed by atoms with van der Waals surface area (Å²) in [4.78, 5) is 17.6. The molecule has 1 aromatic heterocycles. The van der Waals surface area contributed by atoms with Gasteiger partial charge in [-0.05, 0) is 37.8 Å². The number of ether oxygens (including phenoxy) is 1. The Morgan fingerprint density at radius 2 is 2.24 bits per heavy atom. The molecule has 5 nitrogen and oxygen atoms in total. The highest BCUT2D eigenvalue weighted by molar-refractivity contribution is 5.85. The summed E-state index contributed by atoms with van der Waals surface area (Å²) in [5.74, 6) is -0.199. The van der Waals surface area contributed by atoms with Crippen LogP contribution in [-0.4, -0.2) is 42.4 Å². The molecule has 2 fully saturated rings. The van der Waals surface area contributed by atoms with Crippen LogP contribution in [0.4, 0.5) is 5.82 Å². The van der Waals surface area contributed by atoms with Crippen LogP contribution in [0.1, 0.15) is 42.6 Å². The van der Waals surface area contributed by atoms with E-state index in [9.17, 15) is 4.79 Å². The van der Waals surface area contributed by atoms with E-state index in [0.717, 1.165) is 31.7 Å². The second-order valence-corrected chi connectivity index (χ2v) is 6.19. The first-order valence-corrected chi connectivity index (χ1v) is 7.63. The average Bonchev–Trinajstić information content (AvgIpc) is 2.89. The molecule has 2 heterocycles. The lowest BCUT2D eigenvalue weighted by Crippen LogP contribution is -2.48. The van der Waals surface area contributed by atoms with Gasteiger partial charge in [-0.2, -0.15) is 0 Å². The van der Waals surface area contributed by atoms with Crippen molar-refractivity contribution < 1.29 is 14.6 Å². The van der Waals surface area contributed by atoms with E-state index in [1.807, 2.05) is 6.07 Å². The third-order valence-corrected chi connectivity index (χ3v) is 4.99. The highest BCUT2D eigenvalue weighted by Gasteiger charge is 2.46. The van der Waals surface area contributed by atoms with E-state index in [-0.39, 0.29) is 11.1 Å². The Morgan fingerprint density at radius 1 is 1.43 bits per heavy atom. The number of rotatable bonds is 3. The van der Waals surface area contributed by atoms with Crippen LogP contribution in [0.25, 0.3) is 0 Å². The number of hydrogen-bond donors (Lipinski definition) is 1. The molecule has 1 aromatic rings. The minimum absolute atomic E-state index is 0.113. The maximum atomic E-state index is 11.1. The summed E-state index contributed by atoms with van der Waals surface area (Å²) in [6, 6.07) is 5.22. The van der Waals surface area contributed by atoms with Gasteiger partial charge in [0.25, 0.3) is 0 Å². The molecular formula is C16H22N2O3. The number of carboxylic acids is 1. The molecule has 0 bridgehead atoms. The zero-order valence-electron chi connectivity index (χ0n) is 12.4. The summed E-state index contributed by atoms with van der Waals surface area (Å²) in [5.41, 5.74) is 0.329. The maximum Gasteiger partial charge on any atom is 0.354 e. The smallest absolute Gasteiger partial charge is 0.354 e. The topological polar surface area (TPSA) is 62.7 Å². The zero-order valence-corrected chi connectivity index (χ0v) is 12.4. The van der Waals surface area contributed by atoms with E-state index in [2.05, 4.69) is 9.88 Å². The van der Waals surface area contributed by atoms with Crippen LogP contribution in [0, 0.1) is 5.41 Å². The first-order valence-electron chi connectivity index (χ1n) is 7.63. The quantitative estimate of drug-likeness (QED) is 0.927. The molecule has 1 aliphatic carbocycles. The van der Waals surface area contributed by atoms with Crippen molar-refractivity contribution in [1.29, 1.82) is 0 Å². The Labute approximate surface area is 124 Å². The number of aromatic carboxylic acids is 1. The Bertz CT molecular complexity index is 534. The molecule has 5 heteroatoms. The van der Waals surface area contributed by atoms with Gasteiger partial charge in [0.15, 0.2) is 5.69 Å². The molecule has 0 aromatic carbocycles. The Morgan fingerprint density at radius 3 is 3.00 bits per heavy atom. The molecular weight excluding hydrogens is 268 g/mol. The van der Waals surface area contributed by atoms with Gasteiger partial charge in [0.1, 0.15) is 5.82 Å². The van der Waals surface area contributed by atoms with Crippen molar-refractivity contribution in [1.82, 2.24) is 4.98 Å². The van der Waals surface area contributed by atoms with Gasteiger partial charge in [0.05, 0.1) is 6.10 Å². The summed E-state index contributed by atoms with van der Waals surface area (Å²) >= 11 is 0. The fourth-order valence-electron chi connectivity index (χ4n) is 4.02. The van der Waals surface area contributed by atoms with Crippen LogP contribution in [0.15, 0.2) is 18.2 Å². The third-order valence-electron chi connectivity index (χ3n) is 4.99. The molecule has 2 aliphatic rings. The number of hydrogen-bond acceptors (Lipinski definition) is 4. The third kappa shape index (κ3) is 2.62. The number of pyridine rings is 1. The molecule has 0 radical (unpaired) electrons. The predicted octanol–water partition coefficient (Wildman–Crippen LogP) is 2.57. The summed E-state index contributed by atoms with van der Waals surface area (Å²) in [7, 11) is 1.81. The molecule has 1 aliphatic heterocycles. The number of nitrogens with zero attached hydrogens (tertiary/aromatic N) is 2. The molecule has 1 saturated carbocycles. The summed E-state index contributed by atoms with van der Waals surface area (Å²) in [6.07, 6.45) is 6.17. The monoisotopic (exact) mass is 290 g/mol. The first-order chi connectivity index (χ1) is 10.1. The van der Waals surface area contributed by atoms with Crippen LogP contribution in [0.3, 0.4) is 0 Å². The minimum Gasteiger partial charge on any atom is -0.477 e. The molecule has 3 rings (SSSR count). The largest absolute Gasteiger partial charge is 0.477 e. The van der Waals surface area contributed by atoms with Crippen LogP contribution in [0.2, 0.25) is 0 Å². The van der Waals surface area contributed by atoms with Gasteiger partial charge in [0, 0.05) is 25.6 Å². The SMILES string of the molecule is CO[C@@H]1CCC[C@@]12CCCN(c1cccc(C(=O)O)n1)C2. The highest BCUT2D eigenvalue weighted by atomic mass is 16.5. The molecule has 114 valence electrons. The van der Waals surface area contributed by atoms with Gasteiger partial charge in [-0.3, -0.25) is 0 Å². The van der Waals surface area contributed by atoms with Gasteiger partial charge in [-0.15, -0.1) is 0 Å². The van der Waals surface area contributed by atoms with Gasteiger partial charge < -0.3 is 14.7 Å². The Balaban J connectivity index is 1.83. The van der Waals surface area contributed by atoms with Crippen molar-refractivity contribution in [3.63, 3.8) is 0 Å². The van der Waals surface area contributed by atoms with Crippen LogP contribution in [0.5, 0.6) is 0 Å². The highest BCUT2D eigenvalue weighted by Crippen LogP contribution is 2.46. The Hall–Kier alpha value is -1.62. The van der Waals surface area contributed by atoms with Crippen molar-refractivity contribution in [2.75, 3.05) is 25.1 Å². The van der Waals surface area contributed by atoms with E-state index >= 15 is 0 Å². The predicted molar refractivity (Wildman–Crippen MR) is 79.7 cm³/mol. The van der Waals surface area contributed by atoms with Crippen LogP contribution >= 0.6 is 0 Å². The fraction of sp³-hybridized carbons (Fsp3) is 0.625. The summed E-state index contributed by atoms with van der Waals surface area (Å²) in [5, 5.41) is 9.09. The van der Waals surface area contributed by atoms with E-state index < -0.39 is 5.97 Å². The minimum atomic E-state index is -0.973. The molecule has 1 N–H and O–H groups in total. The van der Waals surface area contributed by atoms with Crippen molar-refractivity contribution >= 4 is 11.8 Å². The first kappa shape index (κ1) is 14.3.